The molecular weight excluding hydrogens is 327 g/mol. The lowest BCUT2D eigenvalue weighted by atomic mass is 9.99. The molecule has 1 aliphatic rings. The SMILES string of the molecule is C=CC[C@H](c1c(F)c(F)c(F)c(F)c1F)N1CCNCC1.Cl. The summed E-state index contributed by atoms with van der Waals surface area (Å²) in [5, 5.41) is 3.06. The monoisotopic (exact) mass is 342 g/mol. The lowest BCUT2D eigenvalue weighted by Crippen LogP contribution is -2.45. The van der Waals surface area contributed by atoms with E-state index in [9.17, 15) is 22.0 Å². The molecular formula is C14H16ClF5N2. The van der Waals surface area contributed by atoms with Crippen molar-refractivity contribution in [2.45, 2.75) is 12.5 Å². The second-order valence-corrected chi connectivity index (χ2v) is 4.81. The molecule has 1 aliphatic heterocycles. The molecule has 8 heteroatoms. The number of nitrogens with one attached hydrogen (secondary N) is 1. The van der Waals surface area contributed by atoms with Crippen molar-refractivity contribution in [3.05, 3.63) is 47.3 Å². The Morgan fingerprint density at radius 3 is 1.86 bits per heavy atom. The maximum Gasteiger partial charge on any atom is 0.200 e. The van der Waals surface area contributed by atoms with E-state index < -0.39 is 40.7 Å². The molecule has 2 rings (SSSR count). The smallest absolute Gasteiger partial charge is 0.200 e. The van der Waals surface area contributed by atoms with Crippen molar-refractivity contribution < 1.29 is 22.0 Å². The lowest BCUT2D eigenvalue weighted by molar-refractivity contribution is 0.165. The van der Waals surface area contributed by atoms with Crippen LogP contribution in [0, 0.1) is 29.1 Å². The summed E-state index contributed by atoms with van der Waals surface area (Å²) in [6.07, 6.45) is 1.50. The van der Waals surface area contributed by atoms with Crippen LogP contribution in [0.3, 0.4) is 0 Å². The molecule has 1 N–H and O–H groups in total. The van der Waals surface area contributed by atoms with Crippen LogP contribution in [-0.2, 0) is 0 Å². The molecule has 1 saturated heterocycles. The van der Waals surface area contributed by atoms with Crippen molar-refractivity contribution in [3.63, 3.8) is 0 Å². The van der Waals surface area contributed by atoms with Gasteiger partial charge in [0, 0.05) is 37.8 Å². The molecule has 1 fully saturated rings. The van der Waals surface area contributed by atoms with Gasteiger partial charge in [0.15, 0.2) is 23.3 Å². The van der Waals surface area contributed by atoms with Crippen molar-refractivity contribution in [1.29, 1.82) is 0 Å². The number of nitrogens with zero attached hydrogens (tertiary/aromatic N) is 1. The van der Waals surface area contributed by atoms with E-state index >= 15 is 0 Å². The Morgan fingerprint density at radius 2 is 1.41 bits per heavy atom. The molecule has 124 valence electrons. The molecule has 0 aliphatic carbocycles. The fourth-order valence-electron chi connectivity index (χ4n) is 2.52. The van der Waals surface area contributed by atoms with Gasteiger partial charge in [-0.05, 0) is 6.42 Å². The summed E-state index contributed by atoms with van der Waals surface area (Å²) in [6.45, 7) is 5.58. The highest BCUT2D eigenvalue weighted by atomic mass is 35.5. The maximum atomic E-state index is 13.9. The van der Waals surface area contributed by atoms with Crippen LogP contribution in [0.4, 0.5) is 22.0 Å². The van der Waals surface area contributed by atoms with Gasteiger partial charge in [0.2, 0.25) is 5.82 Å². The average molecular weight is 343 g/mol. The Balaban J connectivity index is 0.00000242. The van der Waals surface area contributed by atoms with E-state index in [4.69, 9.17) is 0 Å². The van der Waals surface area contributed by atoms with Gasteiger partial charge in [-0.3, -0.25) is 4.90 Å². The zero-order chi connectivity index (χ0) is 15.6. The Labute approximate surface area is 131 Å². The van der Waals surface area contributed by atoms with Gasteiger partial charge in [-0.25, -0.2) is 22.0 Å². The Kier molecular flexibility index (Phi) is 6.77. The standard InChI is InChI=1S/C14H15F5N2.ClH/c1-2-3-8(21-6-4-20-5-7-21)9-10(15)12(17)14(19)13(18)11(9)16;/h2,8,20H,1,3-7H2;1H/t8-;/m1./s1. The molecule has 0 spiro atoms. The maximum absolute atomic E-state index is 13.9. The first-order chi connectivity index (χ1) is 9.99. The van der Waals surface area contributed by atoms with E-state index in [0.717, 1.165) is 0 Å². The first kappa shape index (κ1) is 18.9. The number of hydrogen-bond donors (Lipinski definition) is 1. The zero-order valence-electron chi connectivity index (χ0n) is 11.6. The number of halogens is 6. The predicted molar refractivity (Wildman–Crippen MR) is 75.5 cm³/mol. The minimum atomic E-state index is -2.13. The van der Waals surface area contributed by atoms with Crippen LogP contribution in [0.5, 0.6) is 0 Å². The summed E-state index contributed by atoms with van der Waals surface area (Å²) < 4.78 is 67.7. The van der Waals surface area contributed by atoms with Crippen LogP contribution in [0.1, 0.15) is 18.0 Å². The van der Waals surface area contributed by atoms with Crippen molar-refractivity contribution >= 4 is 12.4 Å². The van der Waals surface area contributed by atoms with Crippen molar-refractivity contribution in [2.75, 3.05) is 26.2 Å². The van der Waals surface area contributed by atoms with E-state index in [1.54, 1.807) is 4.90 Å². The first-order valence-corrected chi connectivity index (χ1v) is 6.56. The van der Waals surface area contributed by atoms with Crippen molar-refractivity contribution in [1.82, 2.24) is 10.2 Å². The van der Waals surface area contributed by atoms with E-state index in [1.165, 1.54) is 6.08 Å². The fraction of sp³-hybridized carbons (Fsp3) is 0.429. The van der Waals surface area contributed by atoms with Gasteiger partial charge in [0.25, 0.3) is 0 Å². The van der Waals surface area contributed by atoms with E-state index in [0.29, 0.717) is 26.2 Å². The summed E-state index contributed by atoms with van der Waals surface area (Å²) in [7, 11) is 0. The Bertz CT molecular complexity index is 518. The fourth-order valence-corrected chi connectivity index (χ4v) is 2.52. The van der Waals surface area contributed by atoms with Crippen LogP contribution in [-0.4, -0.2) is 31.1 Å². The van der Waals surface area contributed by atoms with Gasteiger partial charge in [0.1, 0.15) is 0 Å². The number of hydrogen-bond acceptors (Lipinski definition) is 2. The molecule has 0 saturated carbocycles. The molecule has 0 radical (unpaired) electrons. The van der Waals surface area contributed by atoms with Crippen molar-refractivity contribution in [2.24, 2.45) is 0 Å². The highest BCUT2D eigenvalue weighted by Crippen LogP contribution is 2.33. The normalized spacial score (nSPS) is 17.0. The van der Waals surface area contributed by atoms with Gasteiger partial charge in [-0.2, -0.15) is 0 Å². The van der Waals surface area contributed by atoms with Crippen LogP contribution in [0.25, 0.3) is 0 Å². The number of benzene rings is 1. The largest absolute Gasteiger partial charge is 0.314 e. The molecule has 0 unspecified atom stereocenters. The minimum Gasteiger partial charge on any atom is -0.314 e. The summed E-state index contributed by atoms with van der Waals surface area (Å²) in [4.78, 5) is 1.69. The molecule has 0 aromatic heterocycles. The van der Waals surface area contributed by atoms with Gasteiger partial charge in [0.05, 0.1) is 0 Å². The first-order valence-electron chi connectivity index (χ1n) is 6.56. The lowest BCUT2D eigenvalue weighted by Gasteiger charge is -2.35. The summed E-state index contributed by atoms with van der Waals surface area (Å²) in [5.74, 6) is -9.49. The van der Waals surface area contributed by atoms with Gasteiger partial charge >= 0.3 is 0 Å². The third-order valence-electron chi connectivity index (χ3n) is 3.56. The molecule has 1 aromatic rings. The van der Waals surface area contributed by atoms with Crippen LogP contribution >= 0.6 is 12.4 Å². The highest BCUT2D eigenvalue weighted by molar-refractivity contribution is 5.85. The molecule has 0 amide bonds. The third kappa shape index (κ3) is 3.42. The molecule has 1 heterocycles. The van der Waals surface area contributed by atoms with E-state index in [2.05, 4.69) is 11.9 Å². The zero-order valence-corrected chi connectivity index (χ0v) is 12.5. The van der Waals surface area contributed by atoms with E-state index in [-0.39, 0.29) is 18.8 Å². The second-order valence-electron chi connectivity index (χ2n) is 4.81. The van der Waals surface area contributed by atoms with Gasteiger partial charge in [-0.1, -0.05) is 6.08 Å². The highest BCUT2D eigenvalue weighted by Gasteiger charge is 2.33. The number of rotatable bonds is 4. The van der Waals surface area contributed by atoms with Gasteiger partial charge < -0.3 is 5.32 Å². The molecule has 2 nitrogen and oxygen atoms in total. The minimum absolute atomic E-state index is 0. The Hall–Kier alpha value is -1.18. The summed E-state index contributed by atoms with van der Waals surface area (Å²) >= 11 is 0. The summed E-state index contributed by atoms with van der Waals surface area (Å²) in [6, 6.07) is -0.922. The predicted octanol–water partition coefficient (Wildman–Crippen LogP) is 3.33. The van der Waals surface area contributed by atoms with Gasteiger partial charge in [-0.15, -0.1) is 19.0 Å². The third-order valence-corrected chi connectivity index (χ3v) is 3.56. The van der Waals surface area contributed by atoms with Crippen LogP contribution in [0.2, 0.25) is 0 Å². The quantitative estimate of drug-likeness (QED) is 0.391. The number of piperazine rings is 1. The van der Waals surface area contributed by atoms with Crippen LogP contribution in [0.15, 0.2) is 12.7 Å². The Morgan fingerprint density at radius 1 is 0.955 bits per heavy atom. The van der Waals surface area contributed by atoms with E-state index in [1.807, 2.05) is 0 Å². The van der Waals surface area contributed by atoms with Crippen LogP contribution < -0.4 is 5.32 Å². The molecule has 22 heavy (non-hydrogen) atoms. The molecule has 1 aromatic carbocycles. The van der Waals surface area contributed by atoms with Crippen molar-refractivity contribution in [3.8, 4) is 0 Å². The summed E-state index contributed by atoms with van der Waals surface area (Å²) in [5.41, 5.74) is -0.784. The second kappa shape index (κ2) is 7.89. The molecule has 0 bridgehead atoms. The average Bonchev–Trinajstić information content (AvgIpc) is 2.51. The molecule has 1 atom stereocenters. The topological polar surface area (TPSA) is 15.3 Å².